The van der Waals surface area contributed by atoms with Gasteiger partial charge >= 0.3 is 0 Å². The van der Waals surface area contributed by atoms with Crippen LogP contribution in [-0.4, -0.2) is 58.8 Å². The number of aryl methyl sites for hydroxylation is 1. The average Bonchev–Trinajstić information content (AvgIpc) is 3.29. The lowest BCUT2D eigenvalue weighted by Gasteiger charge is -2.27. The molecule has 5 rings (SSSR count). The normalized spacial score (nSPS) is 13.9. The maximum Gasteiger partial charge on any atom is 0.269 e. The van der Waals surface area contributed by atoms with Gasteiger partial charge in [0, 0.05) is 56.6 Å². The molecule has 4 aromatic rings. The van der Waals surface area contributed by atoms with Gasteiger partial charge in [0.1, 0.15) is 5.69 Å². The quantitative estimate of drug-likeness (QED) is 0.449. The van der Waals surface area contributed by atoms with E-state index in [1.54, 1.807) is 25.1 Å². The van der Waals surface area contributed by atoms with E-state index in [1.807, 2.05) is 43.5 Å². The summed E-state index contributed by atoms with van der Waals surface area (Å²) in [5.74, 6) is -0.692. The molecule has 0 fully saturated rings. The van der Waals surface area contributed by atoms with Gasteiger partial charge in [-0.2, -0.15) is 0 Å². The zero-order chi connectivity index (χ0) is 24.9. The van der Waals surface area contributed by atoms with Crippen LogP contribution in [0.15, 0.2) is 48.7 Å². The van der Waals surface area contributed by atoms with Crippen LogP contribution in [0.2, 0.25) is 0 Å². The summed E-state index contributed by atoms with van der Waals surface area (Å²) in [6.07, 6.45) is 4.48. The zero-order valence-electron chi connectivity index (χ0n) is 20.3. The molecule has 0 unspecified atom stereocenters. The van der Waals surface area contributed by atoms with Gasteiger partial charge in [-0.05, 0) is 59.9 Å². The SMILES string of the molecule is CC(=O)N1CCC=C(c2cc(-c3ccc4cc(C)cnc4c3)c3cc(C(=O)N(C)C)[nH]c3c2F)C1. The highest BCUT2D eigenvalue weighted by atomic mass is 19.1. The fourth-order valence-electron chi connectivity index (χ4n) is 4.70. The van der Waals surface area contributed by atoms with Crippen molar-refractivity contribution < 1.29 is 14.0 Å². The number of halogens is 1. The fourth-order valence-corrected chi connectivity index (χ4v) is 4.70. The number of hydrogen-bond acceptors (Lipinski definition) is 3. The van der Waals surface area contributed by atoms with Crippen molar-refractivity contribution in [3.63, 3.8) is 0 Å². The smallest absolute Gasteiger partial charge is 0.269 e. The van der Waals surface area contributed by atoms with Crippen molar-refractivity contribution in [2.24, 2.45) is 0 Å². The second-order valence-corrected chi connectivity index (χ2v) is 9.34. The van der Waals surface area contributed by atoms with Crippen molar-refractivity contribution in [2.75, 3.05) is 27.2 Å². The molecule has 178 valence electrons. The lowest BCUT2D eigenvalue weighted by atomic mass is 9.93. The topological polar surface area (TPSA) is 69.3 Å². The minimum atomic E-state index is -0.423. The van der Waals surface area contributed by atoms with Gasteiger partial charge in [0.25, 0.3) is 5.91 Å². The molecule has 7 heteroatoms. The van der Waals surface area contributed by atoms with Crippen molar-refractivity contribution in [1.29, 1.82) is 0 Å². The van der Waals surface area contributed by atoms with E-state index in [-0.39, 0.29) is 17.3 Å². The number of rotatable bonds is 3. The average molecular weight is 471 g/mol. The molecule has 0 saturated carbocycles. The van der Waals surface area contributed by atoms with E-state index in [0.717, 1.165) is 33.2 Å². The van der Waals surface area contributed by atoms with Crippen molar-refractivity contribution in [3.05, 3.63) is 71.3 Å². The molecule has 3 heterocycles. The second-order valence-electron chi connectivity index (χ2n) is 9.34. The molecule has 2 aromatic heterocycles. The number of benzene rings is 2. The van der Waals surface area contributed by atoms with Crippen molar-refractivity contribution in [2.45, 2.75) is 20.3 Å². The van der Waals surface area contributed by atoms with Gasteiger partial charge in [0.05, 0.1) is 11.0 Å². The number of fused-ring (bicyclic) bond motifs is 2. The lowest BCUT2D eigenvalue weighted by molar-refractivity contribution is -0.128. The van der Waals surface area contributed by atoms with Gasteiger partial charge in [-0.25, -0.2) is 4.39 Å². The Morgan fingerprint density at radius 3 is 2.66 bits per heavy atom. The molecular formula is C28H27FN4O2. The highest BCUT2D eigenvalue weighted by Gasteiger charge is 2.24. The Hall–Kier alpha value is -4.00. The molecule has 0 spiro atoms. The number of hydrogen-bond donors (Lipinski definition) is 1. The number of pyridine rings is 1. The van der Waals surface area contributed by atoms with E-state index < -0.39 is 5.82 Å². The number of aromatic amines is 1. The lowest BCUT2D eigenvalue weighted by Crippen LogP contribution is -2.33. The molecular weight excluding hydrogens is 443 g/mol. The van der Waals surface area contributed by atoms with Gasteiger partial charge in [-0.1, -0.05) is 18.2 Å². The third-order valence-corrected chi connectivity index (χ3v) is 6.56. The fraction of sp³-hybridized carbons (Fsp3) is 0.250. The minimum Gasteiger partial charge on any atom is -0.348 e. The first-order valence-corrected chi connectivity index (χ1v) is 11.6. The summed E-state index contributed by atoms with van der Waals surface area (Å²) < 4.78 is 15.9. The second kappa shape index (κ2) is 8.65. The van der Waals surface area contributed by atoms with Crippen molar-refractivity contribution in [1.82, 2.24) is 19.8 Å². The number of carbonyl (C=O) groups is 2. The predicted molar refractivity (Wildman–Crippen MR) is 137 cm³/mol. The number of carbonyl (C=O) groups excluding carboxylic acids is 2. The van der Waals surface area contributed by atoms with Gasteiger partial charge < -0.3 is 14.8 Å². The Labute approximate surface area is 203 Å². The van der Waals surface area contributed by atoms with Crippen molar-refractivity contribution >= 4 is 39.2 Å². The van der Waals surface area contributed by atoms with Crippen LogP contribution in [0.1, 0.15) is 35.0 Å². The first-order chi connectivity index (χ1) is 16.7. The molecule has 0 aliphatic carbocycles. The zero-order valence-corrected chi connectivity index (χ0v) is 20.3. The third kappa shape index (κ3) is 4.07. The molecule has 0 radical (unpaired) electrons. The molecule has 1 aliphatic heterocycles. The van der Waals surface area contributed by atoms with Crippen LogP contribution in [0.3, 0.4) is 0 Å². The third-order valence-electron chi connectivity index (χ3n) is 6.56. The number of amides is 2. The summed E-state index contributed by atoms with van der Waals surface area (Å²) in [7, 11) is 3.33. The van der Waals surface area contributed by atoms with Gasteiger partial charge in [0.15, 0.2) is 5.82 Å². The molecule has 35 heavy (non-hydrogen) atoms. The maximum absolute atomic E-state index is 15.9. The molecule has 1 aliphatic rings. The van der Waals surface area contributed by atoms with E-state index in [1.165, 1.54) is 11.8 Å². The standard InChI is InChI=1S/C28H27FN4O2/c1-16-10-19-8-7-18(11-24(19)30-14-16)21-12-22(20-6-5-9-33(15-20)17(2)34)26(29)27-23(21)13-25(31-27)28(35)32(3)4/h6-8,10-14,31H,5,9,15H2,1-4H3. The molecule has 2 aromatic carbocycles. The molecule has 1 N–H and O–H groups in total. The Morgan fingerprint density at radius 2 is 1.91 bits per heavy atom. The van der Waals surface area contributed by atoms with Gasteiger partial charge in [0.2, 0.25) is 5.91 Å². The summed E-state index contributed by atoms with van der Waals surface area (Å²) in [6.45, 7) is 4.50. The highest BCUT2D eigenvalue weighted by molar-refractivity contribution is 6.05. The molecule has 0 atom stereocenters. The largest absolute Gasteiger partial charge is 0.348 e. The van der Waals surface area contributed by atoms with Crippen LogP contribution in [0.5, 0.6) is 0 Å². The Bertz CT molecular complexity index is 1530. The Morgan fingerprint density at radius 1 is 1.11 bits per heavy atom. The van der Waals surface area contributed by atoms with Crippen LogP contribution < -0.4 is 0 Å². The maximum atomic E-state index is 15.9. The van der Waals surface area contributed by atoms with E-state index >= 15 is 4.39 Å². The summed E-state index contributed by atoms with van der Waals surface area (Å²) in [5.41, 5.74) is 5.39. The Kier molecular flexibility index (Phi) is 5.63. The van der Waals surface area contributed by atoms with Crippen LogP contribution in [0.25, 0.3) is 38.5 Å². The first kappa shape index (κ1) is 22.8. The molecule has 6 nitrogen and oxygen atoms in total. The van der Waals surface area contributed by atoms with E-state index in [4.69, 9.17) is 0 Å². The van der Waals surface area contributed by atoms with Crippen LogP contribution in [-0.2, 0) is 4.79 Å². The van der Waals surface area contributed by atoms with E-state index in [0.29, 0.717) is 36.2 Å². The van der Waals surface area contributed by atoms with E-state index in [2.05, 4.69) is 16.0 Å². The number of nitrogens with one attached hydrogen (secondary N) is 1. The molecule has 0 bridgehead atoms. The molecule has 2 amide bonds. The van der Waals surface area contributed by atoms with Crippen LogP contribution in [0, 0.1) is 12.7 Å². The predicted octanol–water partition coefficient (Wildman–Crippen LogP) is 5.17. The number of nitrogens with zero attached hydrogens (tertiary/aromatic N) is 3. The summed E-state index contributed by atoms with van der Waals surface area (Å²) in [4.78, 5) is 35.5. The summed E-state index contributed by atoms with van der Waals surface area (Å²) in [5, 5.41) is 1.65. The van der Waals surface area contributed by atoms with Gasteiger partial charge in [-0.15, -0.1) is 0 Å². The Balaban J connectivity index is 1.74. The first-order valence-electron chi connectivity index (χ1n) is 11.6. The monoisotopic (exact) mass is 470 g/mol. The highest BCUT2D eigenvalue weighted by Crippen LogP contribution is 2.37. The van der Waals surface area contributed by atoms with Crippen LogP contribution in [0.4, 0.5) is 4.39 Å². The summed E-state index contributed by atoms with van der Waals surface area (Å²) in [6, 6.07) is 11.6. The minimum absolute atomic E-state index is 0.0352. The van der Waals surface area contributed by atoms with Crippen LogP contribution >= 0.6 is 0 Å². The number of H-pyrrole nitrogens is 1. The summed E-state index contributed by atoms with van der Waals surface area (Å²) >= 11 is 0. The number of aromatic nitrogens is 2. The molecule has 0 saturated heterocycles. The van der Waals surface area contributed by atoms with Gasteiger partial charge in [-0.3, -0.25) is 14.6 Å². The van der Waals surface area contributed by atoms with Crippen molar-refractivity contribution in [3.8, 4) is 11.1 Å². The van der Waals surface area contributed by atoms with E-state index in [9.17, 15) is 9.59 Å².